The monoisotopic (exact) mass is 397 g/mol. The van der Waals surface area contributed by atoms with E-state index >= 15 is 0 Å². The summed E-state index contributed by atoms with van der Waals surface area (Å²) in [7, 11) is 0. The highest BCUT2D eigenvalue weighted by molar-refractivity contribution is 5.96. The molecule has 2 aromatic carbocycles. The minimum Gasteiger partial charge on any atom is -0.492 e. The number of rotatable bonds is 9. The van der Waals surface area contributed by atoms with Gasteiger partial charge in [-0.2, -0.15) is 0 Å². The number of ether oxygens (including phenoxy) is 1. The smallest absolute Gasteiger partial charge is 0.338 e. The molecule has 3 rings (SSSR count). The zero-order valence-corrected chi connectivity index (χ0v) is 16.4. The van der Waals surface area contributed by atoms with Gasteiger partial charge in [-0.25, -0.2) is 9.86 Å². The van der Waals surface area contributed by atoms with Gasteiger partial charge >= 0.3 is 6.03 Å². The van der Waals surface area contributed by atoms with Gasteiger partial charge in [0.05, 0.1) is 6.54 Å². The number of benzene rings is 2. The molecule has 7 heteroatoms. The van der Waals surface area contributed by atoms with Gasteiger partial charge in [0, 0.05) is 18.7 Å². The maximum absolute atomic E-state index is 12.8. The largest absolute Gasteiger partial charge is 0.492 e. The van der Waals surface area contributed by atoms with Crippen molar-refractivity contribution in [2.75, 3.05) is 26.2 Å². The fraction of sp³-hybridized carbons (Fsp3) is 0.364. The first-order valence-electron chi connectivity index (χ1n) is 9.89. The Morgan fingerprint density at radius 2 is 1.97 bits per heavy atom. The molecule has 154 valence electrons. The Morgan fingerprint density at radius 3 is 2.72 bits per heavy atom. The number of hydrogen-bond donors (Lipinski definition) is 2. The molecule has 1 aliphatic heterocycles. The molecule has 3 amide bonds. The standard InChI is InChI=1S/C22H27N3O4/c23-22(27)25(28)14-15-29-19-9-10-20-18(16-19)11-13-24(21(20)26)12-5-4-8-17-6-2-1-3-7-17/h1-3,6-7,9-10,16,28H,4-5,8,11-15H2,(H2,23,27). The fourth-order valence-electron chi connectivity index (χ4n) is 3.45. The Kier molecular flexibility index (Phi) is 7.08. The van der Waals surface area contributed by atoms with Crippen molar-refractivity contribution in [2.24, 2.45) is 5.73 Å². The number of primary amides is 1. The highest BCUT2D eigenvalue weighted by Crippen LogP contribution is 2.24. The molecular weight excluding hydrogens is 370 g/mol. The van der Waals surface area contributed by atoms with Crippen LogP contribution >= 0.6 is 0 Å². The van der Waals surface area contributed by atoms with Gasteiger partial charge in [0.25, 0.3) is 5.91 Å². The lowest BCUT2D eigenvalue weighted by molar-refractivity contribution is -0.0464. The van der Waals surface area contributed by atoms with Gasteiger partial charge in [0.1, 0.15) is 12.4 Å². The van der Waals surface area contributed by atoms with Crippen LogP contribution in [0.4, 0.5) is 4.79 Å². The molecule has 3 N–H and O–H groups in total. The lowest BCUT2D eigenvalue weighted by atomic mass is 9.98. The van der Waals surface area contributed by atoms with Crippen LogP contribution in [0.1, 0.15) is 34.3 Å². The van der Waals surface area contributed by atoms with Crippen molar-refractivity contribution in [3.63, 3.8) is 0 Å². The van der Waals surface area contributed by atoms with Crippen molar-refractivity contribution in [3.05, 3.63) is 65.2 Å². The normalized spacial score (nSPS) is 13.1. The van der Waals surface area contributed by atoms with E-state index in [1.165, 1.54) is 5.56 Å². The predicted molar refractivity (Wildman–Crippen MR) is 109 cm³/mol. The Balaban J connectivity index is 1.47. The van der Waals surface area contributed by atoms with Crippen LogP contribution in [0.15, 0.2) is 48.5 Å². The number of fused-ring (bicyclic) bond motifs is 1. The number of amides is 3. The van der Waals surface area contributed by atoms with Gasteiger partial charge in [-0.1, -0.05) is 30.3 Å². The summed E-state index contributed by atoms with van der Waals surface area (Å²) in [5, 5.41) is 9.64. The molecule has 0 saturated heterocycles. The van der Waals surface area contributed by atoms with Gasteiger partial charge < -0.3 is 15.4 Å². The summed E-state index contributed by atoms with van der Waals surface area (Å²) in [6.45, 7) is 1.55. The van der Waals surface area contributed by atoms with E-state index in [1.807, 2.05) is 17.0 Å². The van der Waals surface area contributed by atoms with Gasteiger partial charge in [0.2, 0.25) is 0 Å². The van der Waals surface area contributed by atoms with Crippen LogP contribution in [0.2, 0.25) is 0 Å². The van der Waals surface area contributed by atoms with Crippen LogP contribution in [0.5, 0.6) is 5.75 Å². The van der Waals surface area contributed by atoms with Crippen LogP contribution in [0, 0.1) is 0 Å². The Hall–Kier alpha value is -3.06. The van der Waals surface area contributed by atoms with Gasteiger partial charge in [0.15, 0.2) is 0 Å². The second kappa shape index (κ2) is 9.93. The zero-order chi connectivity index (χ0) is 20.6. The minimum absolute atomic E-state index is 0.0257. The number of nitrogens with two attached hydrogens (primary N) is 1. The van der Waals surface area contributed by atoms with E-state index in [2.05, 4.69) is 24.3 Å². The number of carbonyl (C=O) groups excluding carboxylic acids is 2. The molecule has 0 spiro atoms. The first-order chi connectivity index (χ1) is 14.0. The maximum atomic E-state index is 12.8. The van der Waals surface area contributed by atoms with E-state index < -0.39 is 6.03 Å². The molecule has 0 atom stereocenters. The van der Waals surface area contributed by atoms with Crippen molar-refractivity contribution in [1.29, 1.82) is 0 Å². The van der Waals surface area contributed by atoms with Crippen molar-refractivity contribution < 1.29 is 19.5 Å². The third kappa shape index (κ3) is 5.71. The number of urea groups is 1. The van der Waals surface area contributed by atoms with Crippen molar-refractivity contribution in [1.82, 2.24) is 9.96 Å². The molecule has 1 heterocycles. The predicted octanol–water partition coefficient (Wildman–Crippen LogP) is 2.86. The molecule has 0 aliphatic carbocycles. The summed E-state index contributed by atoms with van der Waals surface area (Å²) in [6.07, 6.45) is 3.85. The zero-order valence-electron chi connectivity index (χ0n) is 16.4. The molecule has 0 aromatic heterocycles. The number of hydroxylamine groups is 2. The van der Waals surface area contributed by atoms with Crippen molar-refractivity contribution in [2.45, 2.75) is 25.7 Å². The third-order valence-corrected chi connectivity index (χ3v) is 5.06. The van der Waals surface area contributed by atoms with Crippen LogP contribution in [0.3, 0.4) is 0 Å². The van der Waals surface area contributed by atoms with Gasteiger partial charge in [-0.05, 0) is 55.0 Å². The summed E-state index contributed by atoms with van der Waals surface area (Å²) < 4.78 is 5.54. The third-order valence-electron chi connectivity index (χ3n) is 5.06. The van der Waals surface area contributed by atoms with Crippen molar-refractivity contribution >= 4 is 11.9 Å². The number of carbonyl (C=O) groups is 2. The summed E-state index contributed by atoms with van der Waals surface area (Å²) >= 11 is 0. The second-order valence-corrected chi connectivity index (χ2v) is 7.11. The Labute approximate surface area is 170 Å². The van der Waals surface area contributed by atoms with Crippen LogP contribution in [0.25, 0.3) is 0 Å². The SMILES string of the molecule is NC(=O)N(O)CCOc1ccc2c(c1)CCN(CCCCc1ccccc1)C2=O. The lowest BCUT2D eigenvalue weighted by Crippen LogP contribution is -2.38. The first-order valence-corrected chi connectivity index (χ1v) is 9.89. The summed E-state index contributed by atoms with van der Waals surface area (Å²) in [5.41, 5.74) is 7.95. The lowest BCUT2D eigenvalue weighted by Gasteiger charge is -2.29. The molecule has 7 nitrogen and oxygen atoms in total. The van der Waals surface area contributed by atoms with E-state index in [1.54, 1.807) is 12.1 Å². The maximum Gasteiger partial charge on any atom is 0.338 e. The molecule has 0 radical (unpaired) electrons. The Bertz CT molecular complexity index is 841. The van der Waals surface area contributed by atoms with E-state index in [4.69, 9.17) is 10.5 Å². The Morgan fingerprint density at radius 1 is 1.17 bits per heavy atom. The summed E-state index contributed by atoms with van der Waals surface area (Å²) in [4.78, 5) is 25.5. The molecule has 0 fully saturated rings. The molecule has 2 aromatic rings. The van der Waals surface area contributed by atoms with E-state index in [0.717, 1.165) is 37.8 Å². The van der Waals surface area contributed by atoms with Crippen LogP contribution in [-0.4, -0.2) is 53.3 Å². The molecule has 29 heavy (non-hydrogen) atoms. The number of unbranched alkanes of at least 4 members (excludes halogenated alkanes) is 1. The summed E-state index contributed by atoms with van der Waals surface area (Å²) in [5.74, 6) is 0.665. The van der Waals surface area contributed by atoms with E-state index in [9.17, 15) is 14.8 Å². The highest BCUT2D eigenvalue weighted by Gasteiger charge is 2.24. The quantitative estimate of drug-likeness (QED) is 0.386. The van der Waals surface area contributed by atoms with Gasteiger partial charge in [-0.3, -0.25) is 10.0 Å². The van der Waals surface area contributed by atoms with E-state index in [0.29, 0.717) is 22.9 Å². The molecule has 1 aliphatic rings. The molecule has 0 bridgehead atoms. The first kappa shape index (κ1) is 20.7. The van der Waals surface area contributed by atoms with E-state index in [-0.39, 0.29) is 19.1 Å². The van der Waals surface area contributed by atoms with Crippen molar-refractivity contribution in [3.8, 4) is 5.75 Å². The fourth-order valence-corrected chi connectivity index (χ4v) is 3.45. The average Bonchev–Trinajstić information content (AvgIpc) is 2.73. The summed E-state index contributed by atoms with van der Waals surface area (Å²) in [6, 6.07) is 14.8. The number of hydrogen-bond acceptors (Lipinski definition) is 4. The van der Waals surface area contributed by atoms with Gasteiger partial charge in [-0.15, -0.1) is 0 Å². The highest BCUT2D eigenvalue weighted by atomic mass is 16.5. The van der Waals surface area contributed by atoms with Crippen LogP contribution in [-0.2, 0) is 12.8 Å². The van der Waals surface area contributed by atoms with Crippen LogP contribution < -0.4 is 10.5 Å². The molecule has 0 saturated carbocycles. The minimum atomic E-state index is -0.923. The number of nitrogens with zero attached hydrogens (tertiary/aromatic N) is 2. The average molecular weight is 397 g/mol. The molecular formula is C22H27N3O4. The molecule has 0 unspecified atom stereocenters. The second-order valence-electron chi connectivity index (χ2n) is 7.11. The topological polar surface area (TPSA) is 96.1 Å². The number of aryl methyl sites for hydroxylation is 1.